The van der Waals surface area contributed by atoms with E-state index in [1.807, 2.05) is 0 Å². The Bertz CT molecular complexity index is 477. The van der Waals surface area contributed by atoms with Gasteiger partial charge in [0.25, 0.3) is 0 Å². The summed E-state index contributed by atoms with van der Waals surface area (Å²) in [6.07, 6.45) is 2.13. The van der Waals surface area contributed by atoms with Gasteiger partial charge in [0.2, 0.25) is 10.0 Å². The summed E-state index contributed by atoms with van der Waals surface area (Å²) in [5.41, 5.74) is 0.621. The van der Waals surface area contributed by atoms with Gasteiger partial charge in [0.05, 0.1) is 6.10 Å². The summed E-state index contributed by atoms with van der Waals surface area (Å²) in [6.45, 7) is 1.71. The molecule has 0 aliphatic heterocycles. The summed E-state index contributed by atoms with van der Waals surface area (Å²) in [7, 11) is -3.71. The highest BCUT2D eigenvalue weighted by molar-refractivity contribution is 7.89. The number of aryl methyl sites for hydroxylation is 1. The molecule has 82 valence electrons. The molecule has 0 aromatic heterocycles. The molecule has 1 aliphatic rings. The highest BCUT2D eigenvalue weighted by Crippen LogP contribution is 2.32. The van der Waals surface area contributed by atoms with Crippen molar-refractivity contribution in [3.63, 3.8) is 0 Å². The monoisotopic (exact) mass is 227 g/mol. The van der Waals surface area contributed by atoms with Gasteiger partial charge in [-0.2, -0.15) is 0 Å². The fourth-order valence-electron chi connectivity index (χ4n) is 1.45. The third-order valence-electron chi connectivity index (χ3n) is 2.28. The van der Waals surface area contributed by atoms with Crippen molar-refractivity contribution in [1.29, 1.82) is 0 Å². The van der Waals surface area contributed by atoms with E-state index in [0.29, 0.717) is 11.3 Å². The van der Waals surface area contributed by atoms with Crippen LogP contribution in [-0.4, -0.2) is 14.5 Å². The van der Waals surface area contributed by atoms with Crippen LogP contribution in [0.2, 0.25) is 0 Å². The predicted octanol–water partition coefficient (Wildman–Crippen LogP) is 1.18. The van der Waals surface area contributed by atoms with E-state index in [1.165, 1.54) is 0 Å². The van der Waals surface area contributed by atoms with Gasteiger partial charge in [0.15, 0.2) is 0 Å². The molecule has 15 heavy (non-hydrogen) atoms. The van der Waals surface area contributed by atoms with Gasteiger partial charge in [0.1, 0.15) is 10.6 Å². The summed E-state index contributed by atoms with van der Waals surface area (Å²) < 4.78 is 28.3. The zero-order valence-electron chi connectivity index (χ0n) is 8.43. The molecule has 0 spiro atoms. The molecule has 2 rings (SSSR count). The highest BCUT2D eigenvalue weighted by atomic mass is 32.2. The minimum Gasteiger partial charge on any atom is -0.489 e. The molecule has 0 saturated heterocycles. The van der Waals surface area contributed by atoms with Gasteiger partial charge >= 0.3 is 0 Å². The molecule has 0 amide bonds. The summed E-state index contributed by atoms with van der Waals surface area (Å²) in [5.74, 6) is 0.375. The second kappa shape index (κ2) is 3.50. The van der Waals surface area contributed by atoms with E-state index in [1.54, 1.807) is 25.1 Å². The summed E-state index contributed by atoms with van der Waals surface area (Å²) in [4.78, 5) is 0.108. The maximum Gasteiger partial charge on any atom is 0.242 e. The van der Waals surface area contributed by atoms with Crippen molar-refractivity contribution in [3.05, 3.63) is 23.8 Å². The van der Waals surface area contributed by atoms with Crippen LogP contribution >= 0.6 is 0 Å². The average Bonchev–Trinajstić information content (AvgIpc) is 2.85. The van der Waals surface area contributed by atoms with E-state index in [4.69, 9.17) is 9.88 Å². The Labute approximate surface area is 89.1 Å². The first-order chi connectivity index (χ1) is 6.98. The van der Waals surface area contributed by atoms with Crippen LogP contribution in [0, 0.1) is 6.92 Å². The van der Waals surface area contributed by atoms with Gasteiger partial charge in [-0.15, -0.1) is 0 Å². The maximum absolute atomic E-state index is 11.4. The van der Waals surface area contributed by atoms with E-state index in [9.17, 15) is 8.42 Å². The van der Waals surface area contributed by atoms with Crippen LogP contribution in [0.15, 0.2) is 23.1 Å². The first-order valence-electron chi connectivity index (χ1n) is 4.77. The number of hydrogen-bond acceptors (Lipinski definition) is 3. The van der Waals surface area contributed by atoms with Crippen molar-refractivity contribution < 1.29 is 13.2 Å². The molecule has 4 nitrogen and oxygen atoms in total. The van der Waals surface area contributed by atoms with Gasteiger partial charge < -0.3 is 4.74 Å². The Kier molecular flexibility index (Phi) is 2.44. The number of rotatable bonds is 3. The molecule has 5 heteroatoms. The van der Waals surface area contributed by atoms with E-state index >= 15 is 0 Å². The molecule has 0 heterocycles. The average molecular weight is 227 g/mol. The zero-order valence-corrected chi connectivity index (χ0v) is 9.25. The Morgan fingerprint density at radius 3 is 2.60 bits per heavy atom. The van der Waals surface area contributed by atoms with Crippen LogP contribution in [-0.2, 0) is 10.0 Å². The van der Waals surface area contributed by atoms with Crippen molar-refractivity contribution >= 4 is 10.0 Å². The lowest BCUT2D eigenvalue weighted by atomic mass is 10.2. The first kappa shape index (κ1) is 10.4. The summed E-state index contributed by atoms with van der Waals surface area (Å²) >= 11 is 0. The SMILES string of the molecule is Cc1cccc(OC2CC2)c1S(N)(=O)=O. The zero-order chi connectivity index (χ0) is 11.1. The van der Waals surface area contributed by atoms with Gasteiger partial charge in [-0.25, -0.2) is 13.6 Å². The van der Waals surface area contributed by atoms with Crippen molar-refractivity contribution in [2.24, 2.45) is 5.14 Å². The molecular weight excluding hydrogens is 214 g/mol. The van der Waals surface area contributed by atoms with Gasteiger partial charge in [0, 0.05) is 0 Å². The van der Waals surface area contributed by atoms with E-state index < -0.39 is 10.0 Å². The lowest BCUT2D eigenvalue weighted by Crippen LogP contribution is -2.15. The highest BCUT2D eigenvalue weighted by Gasteiger charge is 2.27. The van der Waals surface area contributed by atoms with Gasteiger partial charge in [-0.05, 0) is 31.4 Å². The van der Waals surface area contributed by atoms with Crippen LogP contribution < -0.4 is 9.88 Å². The topological polar surface area (TPSA) is 69.4 Å². The smallest absolute Gasteiger partial charge is 0.242 e. The Morgan fingerprint density at radius 1 is 1.40 bits per heavy atom. The van der Waals surface area contributed by atoms with Crippen LogP contribution in [0.1, 0.15) is 18.4 Å². The Morgan fingerprint density at radius 2 is 2.07 bits per heavy atom. The standard InChI is InChI=1S/C10H13NO3S/c1-7-3-2-4-9(14-8-5-6-8)10(7)15(11,12)13/h2-4,8H,5-6H2,1H3,(H2,11,12,13). The van der Waals surface area contributed by atoms with Crippen molar-refractivity contribution in [2.45, 2.75) is 30.8 Å². The number of sulfonamides is 1. The van der Waals surface area contributed by atoms with E-state index in [0.717, 1.165) is 12.8 Å². The molecule has 2 N–H and O–H groups in total. The molecule has 1 aromatic carbocycles. The predicted molar refractivity (Wildman–Crippen MR) is 56.2 cm³/mol. The molecule has 1 aromatic rings. The number of ether oxygens (including phenoxy) is 1. The summed E-state index contributed by atoms with van der Waals surface area (Å²) in [5, 5.41) is 5.15. The molecule has 1 aliphatic carbocycles. The van der Waals surface area contributed by atoms with Gasteiger partial charge in [-0.1, -0.05) is 12.1 Å². The molecule has 1 fully saturated rings. The minimum absolute atomic E-state index is 0.108. The van der Waals surface area contributed by atoms with Crippen LogP contribution in [0.25, 0.3) is 0 Å². The largest absolute Gasteiger partial charge is 0.489 e. The van der Waals surface area contributed by atoms with Gasteiger partial charge in [-0.3, -0.25) is 0 Å². The molecule has 0 unspecified atom stereocenters. The van der Waals surface area contributed by atoms with Crippen molar-refractivity contribution in [3.8, 4) is 5.75 Å². The number of hydrogen-bond donors (Lipinski definition) is 1. The number of primary sulfonamides is 1. The molecule has 0 radical (unpaired) electrons. The van der Waals surface area contributed by atoms with Crippen LogP contribution in [0.4, 0.5) is 0 Å². The van der Waals surface area contributed by atoms with Crippen molar-refractivity contribution in [2.75, 3.05) is 0 Å². The Balaban J connectivity index is 2.47. The fraction of sp³-hybridized carbons (Fsp3) is 0.400. The maximum atomic E-state index is 11.4. The lowest BCUT2D eigenvalue weighted by molar-refractivity contribution is 0.294. The third kappa shape index (κ3) is 2.30. The van der Waals surface area contributed by atoms with E-state index in [2.05, 4.69) is 0 Å². The second-order valence-corrected chi connectivity index (χ2v) is 5.26. The Hall–Kier alpha value is -1.07. The van der Waals surface area contributed by atoms with Crippen LogP contribution in [0.3, 0.4) is 0 Å². The number of benzene rings is 1. The molecular formula is C10H13NO3S. The summed E-state index contributed by atoms with van der Waals surface area (Å²) in [6, 6.07) is 5.12. The fourth-order valence-corrected chi connectivity index (χ4v) is 2.36. The molecule has 0 bridgehead atoms. The van der Waals surface area contributed by atoms with Crippen molar-refractivity contribution in [1.82, 2.24) is 0 Å². The molecule has 0 atom stereocenters. The molecule has 1 saturated carbocycles. The first-order valence-corrected chi connectivity index (χ1v) is 6.32. The quantitative estimate of drug-likeness (QED) is 0.843. The van der Waals surface area contributed by atoms with E-state index in [-0.39, 0.29) is 11.0 Å². The third-order valence-corrected chi connectivity index (χ3v) is 3.37. The second-order valence-electron chi connectivity index (χ2n) is 3.76. The lowest BCUT2D eigenvalue weighted by Gasteiger charge is -2.11. The van der Waals surface area contributed by atoms with Crippen LogP contribution in [0.5, 0.6) is 5.75 Å². The number of nitrogens with two attached hydrogens (primary N) is 1. The normalized spacial score (nSPS) is 16.4. The minimum atomic E-state index is -3.71.